The van der Waals surface area contributed by atoms with E-state index in [0.717, 1.165) is 41.4 Å². The summed E-state index contributed by atoms with van der Waals surface area (Å²) < 4.78 is 90.7. The third-order valence-electron chi connectivity index (χ3n) is 7.93. The molecule has 7 nitrogen and oxygen atoms in total. The van der Waals surface area contributed by atoms with Crippen LogP contribution in [0.25, 0.3) is 17.0 Å². The molecule has 0 bridgehead atoms. The fourth-order valence-corrected chi connectivity index (χ4v) is 6.53. The van der Waals surface area contributed by atoms with E-state index in [4.69, 9.17) is 9.47 Å². The van der Waals surface area contributed by atoms with Gasteiger partial charge < -0.3 is 19.3 Å². The van der Waals surface area contributed by atoms with Gasteiger partial charge in [0.25, 0.3) is 5.91 Å². The lowest BCUT2D eigenvalue weighted by molar-refractivity contribution is -0.143. The van der Waals surface area contributed by atoms with E-state index >= 15 is 0 Å². The Morgan fingerprint density at radius 3 is 2.31 bits per heavy atom. The van der Waals surface area contributed by atoms with Crippen LogP contribution in [-0.2, 0) is 23.8 Å². The maximum Gasteiger partial charge on any atom is 0.416 e. The molecule has 0 aliphatic carbocycles. The topological polar surface area (TPSA) is 67.3 Å². The average molecular weight is 687 g/mol. The van der Waals surface area contributed by atoms with Crippen LogP contribution in [-0.4, -0.2) is 54.2 Å². The Balaban J connectivity index is 1.11. The molecular weight excluding hydrogens is 658 g/mol. The summed E-state index contributed by atoms with van der Waals surface area (Å²) in [6.45, 7) is 4.11. The van der Waals surface area contributed by atoms with Crippen molar-refractivity contribution in [3.05, 3.63) is 99.6 Å². The molecule has 1 aromatic heterocycles. The number of halogens is 6. The predicted octanol–water partition coefficient (Wildman–Crippen LogP) is 7.96. The second-order valence-electron chi connectivity index (χ2n) is 11.2. The molecule has 3 heterocycles. The first-order valence-electron chi connectivity index (χ1n) is 14.8. The van der Waals surface area contributed by atoms with Gasteiger partial charge in [-0.05, 0) is 66.7 Å². The zero-order chi connectivity index (χ0) is 34.2. The Morgan fingerprint density at radius 1 is 0.875 bits per heavy atom. The highest BCUT2D eigenvalue weighted by molar-refractivity contribution is 8.18. The number of ether oxygens (including phenoxy) is 2. The third kappa shape index (κ3) is 7.08. The normalized spacial score (nSPS) is 16.5. The summed E-state index contributed by atoms with van der Waals surface area (Å²) in [5.41, 5.74) is 0.249. The minimum atomic E-state index is -5.02. The summed E-state index contributed by atoms with van der Waals surface area (Å²) in [6, 6.07) is 16.1. The van der Waals surface area contributed by atoms with Crippen molar-refractivity contribution in [2.24, 2.45) is 4.99 Å². The smallest absolute Gasteiger partial charge is 0.416 e. The number of aryl methyl sites for hydroxylation is 1. The van der Waals surface area contributed by atoms with Crippen molar-refractivity contribution >= 4 is 45.5 Å². The fourth-order valence-electron chi connectivity index (χ4n) is 5.56. The first-order chi connectivity index (χ1) is 22.8. The van der Waals surface area contributed by atoms with Crippen molar-refractivity contribution in [1.82, 2.24) is 9.88 Å². The molecule has 0 radical (unpaired) electrons. The van der Waals surface area contributed by atoms with Crippen molar-refractivity contribution < 1.29 is 40.6 Å². The first-order valence-corrected chi connectivity index (χ1v) is 15.6. The quantitative estimate of drug-likeness (QED) is 0.151. The molecule has 48 heavy (non-hydrogen) atoms. The van der Waals surface area contributed by atoms with Crippen LogP contribution in [0.15, 0.2) is 76.6 Å². The number of amidine groups is 1. The number of alkyl halides is 6. The van der Waals surface area contributed by atoms with Crippen LogP contribution < -0.4 is 14.4 Å². The molecule has 0 spiro atoms. The number of amides is 1. The Bertz CT molecular complexity index is 1930. The van der Waals surface area contributed by atoms with Crippen molar-refractivity contribution in [2.45, 2.75) is 25.9 Å². The van der Waals surface area contributed by atoms with Crippen LogP contribution >= 0.6 is 11.8 Å². The molecule has 1 saturated heterocycles. The van der Waals surface area contributed by atoms with Gasteiger partial charge in [-0.1, -0.05) is 30.3 Å². The molecule has 2 aliphatic heterocycles. The molecule has 250 valence electrons. The molecule has 0 unspecified atom stereocenters. The number of carbonyl (C=O) groups is 1. The molecule has 6 rings (SSSR count). The second-order valence-corrected chi connectivity index (χ2v) is 12.2. The van der Waals surface area contributed by atoms with Gasteiger partial charge in [0.1, 0.15) is 6.61 Å². The highest BCUT2D eigenvalue weighted by Crippen LogP contribution is 2.39. The van der Waals surface area contributed by atoms with Gasteiger partial charge in [-0.25, -0.2) is 0 Å². The van der Waals surface area contributed by atoms with E-state index in [1.165, 1.54) is 24.9 Å². The van der Waals surface area contributed by atoms with Gasteiger partial charge in [-0.15, -0.1) is 0 Å². The fraction of sp³-hybridized carbons (Fsp3) is 0.265. The number of hydrogen-bond acceptors (Lipinski definition) is 7. The van der Waals surface area contributed by atoms with Gasteiger partial charge >= 0.3 is 12.4 Å². The number of rotatable bonds is 6. The number of piperazine rings is 1. The number of para-hydroxylation sites is 1. The summed E-state index contributed by atoms with van der Waals surface area (Å²) in [5.74, 6) is -0.157. The van der Waals surface area contributed by atoms with Gasteiger partial charge in [-0.2, -0.15) is 31.3 Å². The highest BCUT2D eigenvalue weighted by Gasteiger charge is 2.38. The van der Waals surface area contributed by atoms with Gasteiger partial charge in [0, 0.05) is 48.5 Å². The number of hydrogen-bond donors (Lipinski definition) is 0. The largest absolute Gasteiger partial charge is 0.493 e. The number of anilines is 1. The molecule has 3 aromatic carbocycles. The Morgan fingerprint density at radius 2 is 1.60 bits per heavy atom. The summed E-state index contributed by atoms with van der Waals surface area (Å²) in [4.78, 5) is 26.5. The molecular formula is C34H28F6N4O3S. The van der Waals surface area contributed by atoms with Gasteiger partial charge in [0.2, 0.25) is 0 Å². The monoisotopic (exact) mass is 686 g/mol. The Labute approximate surface area is 275 Å². The van der Waals surface area contributed by atoms with E-state index in [0.29, 0.717) is 34.8 Å². The number of pyridine rings is 1. The molecule has 0 atom stereocenters. The number of methoxy groups -OCH3 is 1. The third-order valence-corrected chi connectivity index (χ3v) is 8.98. The first kappa shape index (κ1) is 33.2. The van der Waals surface area contributed by atoms with Crippen LogP contribution in [0, 0.1) is 6.92 Å². The molecule has 0 saturated carbocycles. The predicted molar refractivity (Wildman–Crippen MR) is 172 cm³/mol. The SMILES string of the molecule is COc1cc(/C=C2/SC(N3CCN(c4cc(C)nc5ccccc45)CC3)=NC2=O)ccc1OCc1ccc(C(F)(F)F)cc1C(F)(F)F. The minimum absolute atomic E-state index is 0.0708. The number of nitrogens with zero attached hydrogens (tertiary/aromatic N) is 4. The maximum absolute atomic E-state index is 13.6. The van der Waals surface area contributed by atoms with E-state index < -0.39 is 41.6 Å². The summed E-state index contributed by atoms with van der Waals surface area (Å²) in [7, 11) is 1.34. The number of fused-ring (bicyclic) bond motifs is 1. The lowest BCUT2D eigenvalue weighted by Gasteiger charge is -2.37. The molecule has 1 amide bonds. The molecule has 14 heteroatoms. The zero-order valence-corrected chi connectivity index (χ0v) is 26.5. The summed E-state index contributed by atoms with van der Waals surface area (Å²) >= 11 is 1.25. The number of aliphatic imine (C=N–C) groups is 1. The summed E-state index contributed by atoms with van der Waals surface area (Å²) in [5, 5.41) is 1.69. The van der Waals surface area contributed by atoms with E-state index in [-0.39, 0.29) is 17.6 Å². The second kappa shape index (κ2) is 13.1. The standard InChI is InChI=1S/C34H28F6N4O3S/c1-20-15-27(24-5-3-4-6-26(24)41-20)43-11-13-44(14-12-43)32-42-31(45)30(48-32)17-21-7-10-28(29(16-21)46-2)47-19-22-8-9-23(33(35,36)37)18-25(22)34(38,39)40/h3-10,15-18H,11-14,19H2,1-2H3/b30-17+. The summed E-state index contributed by atoms with van der Waals surface area (Å²) in [6.07, 6.45) is -8.31. The minimum Gasteiger partial charge on any atom is -0.493 e. The van der Waals surface area contributed by atoms with Crippen LogP contribution in [0.2, 0.25) is 0 Å². The number of aromatic nitrogens is 1. The van der Waals surface area contributed by atoms with Crippen molar-refractivity contribution in [2.75, 3.05) is 38.2 Å². The van der Waals surface area contributed by atoms with Crippen LogP contribution in [0.1, 0.15) is 27.9 Å². The molecule has 4 aromatic rings. The van der Waals surface area contributed by atoms with Crippen LogP contribution in [0.3, 0.4) is 0 Å². The lowest BCUT2D eigenvalue weighted by atomic mass is 10.0. The zero-order valence-electron chi connectivity index (χ0n) is 25.7. The lowest BCUT2D eigenvalue weighted by Crippen LogP contribution is -2.48. The molecule has 0 N–H and O–H groups in total. The van der Waals surface area contributed by atoms with Crippen molar-refractivity contribution in [1.29, 1.82) is 0 Å². The van der Waals surface area contributed by atoms with Crippen LogP contribution in [0.4, 0.5) is 32.0 Å². The Hall–Kier alpha value is -4.72. The maximum atomic E-state index is 13.6. The van der Waals surface area contributed by atoms with E-state index in [2.05, 4.69) is 31.9 Å². The molecule has 2 aliphatic rings. The van der Waals surface area contributed by atoms with Gasteiger partial charge in [0.15, 0.2) is 16.7 Å². The van der Waals surface area contributed by atoms with Crippen LogP contribution in [0.5, 0.6) is 11.5 Å². The van der Waals surface area contributed by atoms with Gasteiger partial charge in [-0.3, -0.25) is 9.78 Å². The average Bonchev–Trinajstić information content (AvgIpc) is 3.42. The van der Waals surface area contributed by atoms with Crippen molar-refractivity contribution in [3.63, 3.8) is 0 Å². The highest BCUT2D eigenvalue weighted by atomic mass is 32.2. The van der Waals surface area contributed by atoms with E-state index in [9.17, 15) is 31.1 Å². The van der Waals surface area contributed by atoms with Crippen molar-refractivity contribution in [3.8, 4) is 11.5 Å². The van der Waals surface area contributed by atoms with E-state index in [1.54, 1.807) is 18.2 Å². The van der Waals surface area contributed by atoms with E-state index in [1.807, 2.05) is 25.1 Å². The number of carbonyl (C=O) groups excluding carboxylic acids is 1. The number of benzene rings is 3. The Kier molecular flexibility index (Phi) is 9.03. The molecule has 1 fully saturated rings. The number of thioether (sulfide) groups is 1. The van der Waals surface area contributed by atoms with Gasteiger partial charge in [0.05, 0.1) is 28.7 Å².